The first-order chi connectivity index (χ1) is 24.6. The predicted octanol–water partition coefficient (Wildman–Crippen LogP) is 5.35. The number of nitrogens with one attached hydrogen (secondary N) is 3. The summed E-state index contributed by atoms with van der Waals surface area (Å²) in [5.41, 5.74) is 1.39. The van der Waals surface area contributed by atoms with Crippen LogP contribution in [-0.2, 0) is 9.59 Å². The van der Waals surface area contributed by atoms with Crippen LogP contribution in [0.5, 0.6) is 0 Å². The summed E-state index contributed by atoms with van der Waals surface area (Å²) in [5.74, 6) is -2.09. The van der Waals surface area contributed by atoms with E-state index in [1.165, 1.54) is 25.1 Å². The summed E-state index contributed by atoms with van der Waals surface area (Å²) in [6, 6.07) is 6.86. The van der Waals surface area contributed by atoms with Crippen LogP contribution in [0.3, 0.4) is 0 Å². The number of rotatable bonds is 4. The van der Waals surface area contributed by atoms with E-state index in [9.17, 15) is 14.4 Å². The monoisotopic (exact) mass is 692 g/mol. The summed E-state index contributed by atoms with van der Waals surface area (Å²) in [7, 11) is 0. The molecule has 16 heteroatoms. The SMILES string of the molecule is C=C1NC(=O)[C@H](C(C)C)NC(=O)[C@@H]([C@H](C)CC)NC(=O)c2nc(oc2-c2ccccc2)-c2coc(n2)-c2coc(n2)-c2coc(n2)-c2coc1n2. The second kappa shape index (κ2) is 13.4. The third kappa shape index (κ3) is 6.46. The fourth-order valence-corrected chi connectivity index (χ4v) is 5.32. The lowest BCUT2D eigenvalue weighted by Crippen LogP contribution is -2.57. The molecule has 1 aliphatic rings. The van der Waals surface area contributed by atoms with Gasteiger partial charge in [-0.05, 0) is 11.8 Å². The van der Waals surface area contributed by atoms with Crippen LogP contribution < -0.4 is 16.0 Å². The van der Waals surface area contributed by atoms with Crippen LogP contribution in [0.2, 0.25) is 0 Å². The molecule has 3 atom stereocenters. The number of benzene rings is 1. The van der Waals surface area contributed by atoms with E-state index in [-0.39, 0.29) is 81.2 Å². The highest BCUT2D eigenvalue weighted by Crippen LogP contribution is 2.32. The number of fused-ring (bicyclic) bond motifs is 14. The van der Waals surface area contributed by atoms with Crippen LogP contribution in [0, 0.1) is 11.8 Å². The van der Waals surface area contributed by atoms with Gasteiger partial charge in [0.15, 0.2) is 34.2 Å². The lowest BCUT2D eigenvalue weighted by molar-refractivity contribution is -0.131. The average Bonchev–Trinajstić information content (AvgIpc) is 3.97. The van der Waals surface area contributed by atoms with E-state index in [2.05, 4.69) is 47.4 Å². The first-order valence-corrected chi connectivity index (χ1v) is 16.1. The average molecular weight is 693 g/mol. The van der Waals surface area contributed by atoms with E-state index in [4.69, 9.17) is 22.1 Å². The van der Waals surface area contributed by atoms with Gasteiger partial charge in [0.05, 0.1) is 5.70 Å². The Morgan fingerprint density at radius 3 is 1.76 bits per heavy atom. The Morgan fingerprint density at radius 1 is 0.686 bits per heavy atom. The van der Waals surface area contributed by atoms with Crippen molar-refractivity contribution in [3.05, 3.63) is 73.5 Å². The van der Waals surface area contributed by atoms with E-state index >= 15 is 0 Å². The molecular weight excluding hydrogens is 660 g/mol. The predicted molar refractivity (Wildman–Crippen MR) is 179 cm³/mol. The lowest BCUT2D eigenvalue weighted by atomic mass is 9.96. The van der Waals surface area contributed by atoms with E-state index in [0.717, 1.165) is 0 Å². The number of aromatic nitrogens is 5. The highest BCUT2D eigenvalue weighted by atomic mass is 16.4. The number of hydrogen-bond acceptors (Lipinski definition) is 13. The number of oxazole rings is 5. The van der Waals surface area contributed by atoms with Crippen LogP contribution in [-0.4, -0.2) is 54.7 Å². The van der Waals surface area contributed by atoms with Crippen LogP contribution in [0.15, 0.2) is 84.0 Å². The van der Waals surface area contributed by atoms with E-state index in [1.807, 2.05) is 19.9 Å². The van der Waals surface area contributed by atoms with Gasteiger partial charge >= 0.3 is 0 Å². The van der Waals surface area contributed by atoms with Crippen molar-refractivity contribution in [3.63, 3.8) is 0 Å². The topological polar surface area (TPSA) is 217 Å². The van der Waals surface area contributed by atoms with Gasteiger partial charge < -0.3 is 38.0 Å². The van der Waals surface area contributed by atoms with Crippen LogP contribution >= 0.6 is 0 Å². The second-order valence-corrected chi connectivity index (χ2v) is 12.2. The summed E-state index contributed by atoms with van der Waals surface area (Å²) < 4.78 is 28.6. The molecule has 3 N–H and O–H groups in total. The molecule has 0 saturated heterocycles. The zero-order valence-corrected chi connectivity index (χ0v) is 27.9. The largest absolute Gasteiger partial charge is 0.443 e. The van der Waals surface area contributed by atoms with Crippen LogP contribution in [0.25, 0.3) is 63.4 Å². The van der Waals surface area contributed by atoms with Gasteiger partial charge in [0.2, 0.25) is 41.3 Å². The number of hydrogen-bond donors (Lipinski definition) is 3. The molecule has 1 aliphatic heterocycles. The van der Waals surface area contributed by atoms with E-state index in [1.54, 1.807) is 38.1 Å². The minimum atomic E-state index is -1.05. The van der Waals surface area contributed by atoms with Gasteiger partial charge in [-0.3, -0.25) is 14.4 Å². The number of carbonyl (C=O) groups excluding carboxylic acids is 3. The van der Waals surface area contributed by atoms with E-state index in [0.29, 0.717) is 12.0 Å². The minimum Gasteiger partial charge on any atom is -0.443 e. The van der Waals surface area contributed by atoms with Gasteiger partial charge in [-0.15, -0.1) is 0 Å². The summed E-state index contributed by atoms with van der Waals surface area (Å²) in [5, 5.41) is 8.31. The zero-order valence-electron chi connectivity index (χ0n) is 27.9. The van der Waals surface area contributed by atoms with Crippen LogP contribution in [0.1, 0.15) is 50.5 Å². The Balaban J connectivity index is 1.31. The van der Waals surface area contributed by atoms with Crippen molar-refractivity contribution < 1.29 is 36.5 Å². The summed E-state index contributed by atoms with van der Waals surface area (Å²) in [4.78, 5) is 63.5. The van der Waals surface area contributed by atoms with Crippen molar-refractivity contribution in [1.82, 2.24) is 40.9 Å². The van der Waals surface area contributed by atoms with Crippen molar-refractivity contribution >= 4 is 23.4 Å². The quantitative estimate of drug-likeness (QED) is 0.213. The maximum Gasteiger partial charge on any atom is 0.274 e. The molecule has 0 saturated carbocycles. The molecule has 6 aromatic rings. The molecule has 0 spiro atoms. The molecule has 3 amide bonds. The standard InChI is InChI=1S/C35H32N8O8/c1-6-17(4)25-29(45)41-24(16(2)3)28(44)36-18(5)31-37-20(12-47-31)32-38-21(13-48-32)33-39-22(14-49-33)34-40-23(15-50-34)35-43-26(30(46)42-25)27(51-35)19-10-8-7-9-11-19/h7-17,24-25H,5-6H2,1-4H3,(H,36,44)(H,41,45)(H,42,46)/t17-,24+,25-/m1/s1. The Labute approximate surface area is 289 Å². The summed E-state index contributed by atoms with van der Waals surface area (Å²) in [6.07, 6.45) is 5.79. The van der Waals surface area contributed by atoms with Gasteiger partial charge in [0.1, 0.15) is 37.1 Å². The number of nitrogens with zero attached hydrogens (tertiary/aromatic N) is 5. The van der Waals surface area contributed by atoms with Crippen molar-refractivity contribution in [3.8, 4) is 57.7 Å². The second-order valence-electron chi connectivity index (χ2n) is 12.2. The molecule has 51 heavy (non-hydrogen) atoms. The summed E-state index contributed by atoms with van der Waals surface area (Å²) >= 11 is 0. The van der Waals surface area contributed by atoms with Crippen molar-refractivity contribution in [1.29, 1.82) is 0 Å². The van der Waals surface area contributed by atoms with Gasteiger partial charge in [-0.1, -0.05) is 71.0 Å². The van der Waals surface area contributed by atoms with Crippen molar-refractivity contribution in [2.24, 2.45) is 11.8 Å². The van der Waals surface area contributed by atoms with Gasteiger partial charge in [0.25, 0.3) is 5.91 Å². The smallest absolute Gasteiger partial charge is 0.274 e. The van der Waals surface area contributed by atoms with Gasteiger partial charge in [0, 0.05) is 5.56 Å². The maximum atomic E-state index is 14.0. The molecule has 260 valence electrons. The summed E-state index contributed by atoms with van der Waals surface area (Å²) in [6.45, 7) is 11.1. The molecule has 7 rings (SSSR count). The Morgan fingerprint density at radius 2 is 1.22 bits per heavy atom. The van der Waals surface area contributed by atoms with E-state index < -0.39 is 29.8 Å². The van der Waals surface area contributed by atoms with Crippen LogP contribution in [0.4, 0.5) is 0 Å². The number of amides is 3. The Kier molecular flexibility index (Phi) is 8.64. The zero-order chi connectivity index (χ0) is 35.8. The molecule has 0 aliphatic carbocycles. The molecule has 0 radical (unpaired) electrons. The molecule has 0 fully saturated rings. The molecule has 16 nitrogen and oxygen atoms in total. The molecule has 1 aromatic carbocycles. The molecule has 0 unspecified atom stereocenters. The fraction of sp³-hybridized carbons (Fsp3) is 0.257. The third-order valence-electron chi connectivity index (χ3n) is 8.33. The fourth-order valence-electron chi connectivity index (χ4n) is 5.32. The van der Waals surface area contributed by atoms with Gasteiger partial charge in [-0.25, -0.2) is 24.9 Å². The first-order valence-electron chi connectivity index (χ1n) is 16.1. The lowest BCUT2D eigenvalue weighted by Gasteiger charge is -2.27. The highest BCUT2D eigenvalue weighted by Gasteiger charge is 2.34. The molecule has 5 aromatic heterocycles. The molecular formula is C35H32N8O8. The van der Waals surface area contributed by atoms with Crippen molar-refractivity contribution in [2.45, 2.75) is 46.2 Å². The Hall–Kier alpha value is -6.58. The number of carbonyl (C=O) groups is 3. The normalized spacial score (nSPS) is 17.4. The Bertz CT molecular complexity index is 2240. The molecule has 6 heterocycles. The third-order valence-corrected chi connectivity index (χ3v) is 8.33. The highest BCUT2D eigenvalue weighted by molar-refractivity contribution is 6.01. The molecule has 10 bridgehead atoms. The van der Waals surface area contributed by atoms with Crippen molar-refractivity contribution in [2.75, 3.05) is 0 Å². The maximum absolute atomic E-state index is 14.0. The first kappa shape index (κ1) is 32.9. The minimum absolute atomic E-state index is 0.00885. The van der Waals surface area contributed by atoms with Gasteiger partial charge in [-0.2, -0.15) is 0 Å².